The summed E-state index contributed by atoms with van der Waals surface area (Å²) in [5, 5.41) is 3.04. The maximum absolute atomic E-state index is 13.1. The van der Waals surface area contributed by atoms with Crippen molar-refractivity contribution in [2.24, 2.45) is 0 Å². The largest absolute Gasteiger partial charge is 0.345 e. The quantitative estimate of drug-likeness (QED) is 0.600. The summed E-state index contributed by atoms with van der Waals surface area (Å²) in [4.78, 5) is 13.3. The zero-order valence-electron chi connectivity index (χ0n) is 17.4. The molecule has 0 aromatic heterocycles. The highest BCUT2D eigenvalue weighted by molar-refractivity contribution is 7.92. The molecule has 6 heteroatoms. The molecule has 30 heavy (non-hydrogen) atoms. The highest BCUT2D eigenvalue weighted by atomic mass is 32.2. The lowest BCUT2D eigenvalue weighted by atomic mass is 10.0. The lowest BCUT2D eigenvalue weighted by Gasteiger charge is -2.23. The van der Waals surface area contributed by atoms with Gasteiger partial charge in [0, 0.05) is 7.05 Å². The molecule has 0 aliphatic carbocycles. The van der Waals surface area contributed by atoms with Crippen LogP contribution in [0.25, 0.3) is 0 Å². The van der Waals surface area contributed by atoms with Crippen molar-refractivity contribution >= 4 is 21.6 Å². The molecule has 5 nitrogen and oxygen atoms in total. The van der Waals surface area contributed by atoms with Crippen molar-refractivity contribution in [3.8, 4) is 0 Å². The first-order valence-electron chi connectivity index (χ1n) is 9.85. The Bertz CT molecular complexity index is 1110. The van der Waals surface area contributed by atoms with Gasteiger partial charge in [-0.05, 0) is 43.2 Å². The number of hydrogen-bond donors (Lipinski definition) is 1. The van der Waals surface area contributed by atoms with Crippen LogP contribution in [0, 0.1) is 6.92 Å². The molecule has 0 heterocycles. The van der Waals surface area contributed by atoms with Gasteiger partial charge < -0.3 is 5.32 Å². The van der Waals surface area contributed by atoms with Gasteiger partial charge in [-0.3, -0.25) is 9.10 Å². The van der Waals surface area contributed by atoms with Crippen molar-refractivity contribution in [3.05, 3.63) is 95.6 Å². The molecule has 0 saturated carbocycles. The van der Waals surface area contributed by atoms with Gasteiger partial charge in [0.1, 0.15) is 0 Å². The summed E-state index contributed by atoms with van der Waals surface area (Å²) < 4.78 is 27.2. The Kier molecular flexibility index (Phi) is 6.57. The Morgan fingerprint density at radius 1 is 0.933 bits per heavy atom. The topological polar surface area (TPSA) is 66.5 Å². The molecule has 0 bridgehead atoms. The zero-order valence-corrected chi connectivity index (χ0v) is 18.2. The smallest absolute Gasteiger partial charge is 0.264 e. The Hall–Kier alpha value is -3.12. The van der Waals surface area contributed by atoms with Crippen LogP contribution in [0.4, 0.5) is 5.69 Å². The molecule has 3 rings (SSSR count). The summed E-state index contributed by atoms with van der Waals surface area (Å²) in [5.74, 6) is -0.312. The molecule has 3 aromatic rings. The van der Waals surface area contributed by atoms with Gasteiger partial charge >= 0.3 is 0 Å². The van der Waals surface area contributed by atoms with Crippen LogP contribution in [-0.2, 0) is 10.0 Å². The van der Waals surface area contributed by atoms with E-state index in [0.29, 0.717) is 11.3 Å². The van der Waals surface area contributed by atoms with Gasteiger partial charge in [-0.2, -0.15) is 0 Å². The van der Waals surface area contributed by atoms with E-state index in [9.17, 15) is 13.2 Å². The maximum atomic E-state index is 13.1. The molecule has 1 N–H and O–H groups in total. The van der Waals surface area contributed by atoms with Crippen LogP contribution in [0.15, 0.2) is 83.8 Å². The van der Waals surface area contributed by atoms with Gasteiger partial charge in [0.05, 0.1) is 22.2 Å². The highest BCUT2D eigenvalue weighted by Crippen LogP contribution is 2.27. The minimum atomic E-state index is -3.79. The van der Waals surface area contributed by atoms with Crippen LogP contribution in [0.5, 0.6) is 0 Å². The molecule has 1 atom stereocenters. The monoisotopic (exact) mass is 422 g/mol. The average molecular weight is 423 g/mol. The first-order valence-corrected chi connectivity index (χ1v) is 11.3. The number of carbonyl (C=O) groups excluding carboxylic acids is 1. The summed E-state index contributed by atoms with van der Waals surface area (Å²) in [5.41, 5.74) is 2.81. The standard InChI is InChI=1S/C24H26N2O3S/c1-4-22(19-16-14-18(2)15-17-19)25-24(27)21-12-8-9-13-23(21)26(3)30(28,29)20-10-6-5-7-11-20/h5-17,22H,4H2,1-3H3,(H,25,27)/t22-/m1/s1. The summed E-state index contributed by atoms with van der Waals surface area (Å²) in [6, 6.07) is 22.8. The number of para-hydroxylation sites is 1. The van der Waals surface area contributed by atoms with E-state index in [1.54, 1.807) is 54.6 Å². The third-order valence-electron chi connectivity index (χ3n) is 5.08. The second-order valence-corrected chi connectivity index (χ2v) is 9.12. The molecular formula is C24H26N2O3S. The van der Waals surface area contributed by atoms with E-state index in [-0.39, 0.29) is 16.8 Å². The van der Waals surface area contributed by atoms with Crippen molar-refractivity contribution in [2.45, 2.75) is 31.2 Å². The molecule has 0 fully saturated rings. The Morgan fingerprint density at radius 3 is 2.17 bits per heavy atom. The minimum Gasteiger partial charge on any atom is -0.345 e. The first-order chi connectivity index (χ1) is 14.3. The van der Waals surface area contributed by atoms with Crippen LogP contribution in [-0.4, -0.2) is 21.4 Å². The Balaban J connectivity index is 1.90. The fraction of sp³-hybridized carbons (Fsp3) is 0.208. The van der Waals surface area contributed by atoms with Crippen LogP contribution in [0.1, 0.15) is 40.9 Å². The number of nitrogens with zero attached hydrogens (tertiary/aromatic N) is 1. The van der Waals surface area contributed by atoms with Crippen LogP contribution in [0.3, 0.4) is 0 Å². The number of sulfonamides is 1. The second kappa shape index (κ2) is 9.13. The van der Waals surface area contributed by atoms with E-state index >= 15 is 0 Å². The van der Waals surface area contributed by atoms with E-state index in [1.165, 1.54) is 7.05 Å². The van der Waals surface area contributed by atoms with E-state index in [2.05, 4.69) is 5.32 Å². The zero-order chi connectivity index (χ0) is 21.7. The number of rotatable bonds is 7. The van der Waals surface area contributed by atoms with E-state index < -0.39 is 10.0 Å². The molecule has 0 aliphatic rings. The molecular weight excluding hydrogens is 396 g/mol. The first kappa shape index (κ1) is 21.6. The average Bonchev–Trinajstić information content (AvgIpc) is 2.78. The summed E-state index contributed by atoms with van der Waals surface area (Å²) in [6.07, 6.45) is 0.717. The number of hydrogen-bond acceptors (Lipinski definition) is 3. The van der Waals surface area contributed by atoms with Gasteiger partial charge in [-0.1, -0.05) is 67.1 Å². The van der Waals surface area contributed by atoms with Crippen LogP contribution >= 0.6 is 0 Å². The van der Waals surface area contributed by atoms with Gasteiger partial charge in [0.25, 0.3) is 15.9 Å². The lowest BCUT2D eigenvalue weighted by Crippen LogP contribution is -2.32. The number of aryl methyl sites for hydroxylation is 1. The maximum Gasteiger partial charge on any atom is 0.264 e. The molecule has 0 aliphatic heterocycles. The molecule has 0 unspecified atom stereocenters. The van der Waals surface area contributed by atoms with Crippen LogP contribution in [0.2, 0.25) is 0 Å². The SMILES string of the molecule is CC[C@@H](NC(=O)c1ccccc1N(C)S(=O)(=O)c1ccccc1)c1ccc(C)cc1. The van der Waals surface area contributed by atoms with Crippen molar-refractivity contribution in [3.63, 3.8) is 0 Å². The normalized spacial score (nSPS) is 12.2. The third-order valence-corrected chi connectivity index (χ3v) is 6.87. The fourth-order valence-corrected chi connectivity index (χ4v) is 4.51. The van der Waals surface area contributed by atoms with E-state index in [0.717, 1.165) is 21.9 Å². The number of amides is 1. The molecule has 0 spiro atoms. The van der Waals surface area contributed by atoms with Gasteiger partial charge in [0.15, 0.2) is 0 Å². The van der Waals surface area contributed by atoms with Crippen molar-refractivity contribution < 1.29 is 13.2 Å². The lowest BCUT2D eigenvalue weighted by molar-refractivity contribution is 0.0936. The molecule has 0 saturated heterocycles. The van der Waals surface area contributed by atoms with Gasteiger partial charge in [-0.25, -0.2) is 8.42 Å². The molecule has 3 aromatic carbocycles. The Labute approximate surface area is 178 Å². The van der Waals surface area contributed by atoms with Gasteiger partial charge in [-0.15, -0.1) is 0 Å². The summed E-state index contributed by atoms with van der Waals surface area (Å²) in [6.45, 7) is 4.02. The number of anilines is 1. The predicted octanol–water partition coefficient (Wildman–Crippen LogP) is 4.70. The molecule has 156 valence electrons. The number of nitrogens with one attached hydrogen (secondary N) is 1. The second-order valence-electron chi connectivity index (χ2n) is 7.15. The predicted molar refractivity (Wildman–Crippen MR) is 120 cm³/mol. The van der Waals surface area contributed by atoms with Crippen LogP contribution < -0.4 is 9.62 Å². The fourth-order valence-electron chi connectivity index (χ4n) is 3.28. The van der Waals surface area contributed by atoms with Crippen molar-refractivity contribution in [2.75, 3.05) is 11.4 Å². The van der Waals surface area contributed by atoms with Crippen molar-refractivity contribution in [1.82, 2.24) is 5.32 Å². The highest BCUT2D eigenvalue weighted by Gasteiger charge is 2.25. The van der Waals surface area contributed by atoms with E-state index in [4.69, 9.17) is 0 Å². The number of benzene rings is 3. The summed E-state index contributed by atoms with van der Waals surface area (Å²) in [7, 11) is -2.32. The van der Waals surface area contributed by atoms with Gasteiger partial charge in [0.2, 0.25) is 0 Å². The third kappa shape index (κ3) is 4.54. The van der Waals surface area contributed by atoms with E-state index in [1.807, 2.05) is 38.1 Å². The van der Waals surface area contributed by atoms with Crippen molar-refractivity contribution in [1.29, 1.82) is 0 Å². The summed E-state index contributed by atoms with van der Waals surface area (Å²) >= 11 is 0. The Morgan fingerprint density at radius 2 is 1.53 bits per heavy atom. The molecule has 0 radical (unpaired) electrons. The number of carbonyl (C=O) groups is 1. The minimum absolute atomic E-state index is 0.165. The molecule has 1 amide bonds.